The second-order valence-corrected chi connectivity index (χ2v) is 5.22. The fraction of sp³-hybridized carbons (Fsp3) is 1.00. The smallest absolute Gasteiger partial charge is 0.0771 e. The number of nitrogens with two attached hydrogens (primary N) is 1. The van der Waals surface area contributed by atoms with Crippen molar-refractivity contribution >= 4 is 0 Å². The molecule has 2 heteroatoms. The summed E-state index contributed by atoms with van der Waals surface area (Å²) in [6, 6.07) is 0.108. The molecule has 0 spiro atoms. The third-order valence-corrected chi connectivity index (χ3v) is 2.38. The Kier molecular flexibility index (Phi) is 6.38. The van der Waals surface area contributed by atoms with Gasteiger partial charge in [0.25, 0.3) is 0 Å². The Morgan fingerprint density at radius 1 is 1.21 bits per heavy atom. The lowest BCUT2D eigenvalue weighted by Crippen LogP contribution is -2.43. The van der Waals surface area contributed by atoms with Gasteiger partial charge in [-0.15, -0.1) is 0 Å². The minimum atomic E-state index is 0.108. The number of ether oxygens (including phenoxy) is 1. The fourth-order valence-electron chi connectivity index (χ4n) is 1.75. The van der Waals surface area contributed by atoms with Crippen molar-refractivity contribution in [3.05, 3.63) is 0 Å². The van der Waals surface area contributed by atoms with Gasteiger partial charge in [0.15, 0.2) is 0 Å². The Morgan fingerprint density at radius 2 is 1.79 bits per heavy atom. The van der Waals surface area contributed by atoms with E-state index in [2.05, 4.69) is 27.7 Å². The molecular weight excluding hydrogens is 174 g/mol. The summed E-state index contributed by atoms with van der Waals surface area (Å²) < 4.78 is 5.85. The zero-order valence-corrected chi connectivity index (χ0v) is 10.5. The number of unbranched alkanes of at least 4 members (excludes halogenated alkanes) is 2. The predicted molar refractivity (Wildman–Crippen MR) is 62.4 cm³/mol. The maximum absolute atomic E-state index is 5.91. The van der Waals surface area contributed by atoms with E-state index in [9.17, 15) is 0 Å². The van der Waals surface area contributed by atoms with Crippen LogP contribution in [-0.2, 0) is 4.74 Å². The van der Waals surface area contributed by atoms with Crippen LogP contribution in [0, 0.1) is 5.41 Å². The summed E-state index contributed by atoms with van der Waals surface area (Å²) in [7, 11) is 0. The standard InChI is InChI=1S/C12H27NO/c1-6-7-8-9-14-11(10(2)13)12(3,4)5/h10-11H,6-9,13H2,1-5H3. The summed E-state index contributed by atoms with van der Waals surface area (Å²) in [6.07, 6.45) is 3.80. The Morgan fingerprint density at radius 3 is 2.14 bits per heavy atom. The lowest BCUT2D eigenvalue weighted by molar-refractivity contribution is -0.0313. The molecule has 14 heavy (non-hydrogen) atoms. The molecule has 2 nitrogen and oxygen atoms in total. The van der Waals surface area contributed by atoms with Crippen molar-refractivity contribution in [3.63, 3.8) is 0 Å². The molecular formula is C12H27NO. The van der Waals surface area contributed by atoms with Crippen LogP contribution in [0.4, 0.5) is 0 Å². The van der Waals surface area contributed by atoms with E-state index >= 15 is 0 Å². The molecule has 0 aliphatic rings. The highest BCUT2D eigenvalue weighted by Crippen LogP contribution is 2.24. The minimum Gasteiger partial charge on any atom is -0.376 e. The topological polar surface area (TPSA) is 35.2 Å². The van der Waals surface area contributed by atoms with E-state index in [4.69, 9.17) is 10.5 Å². The molecule has 0 aliphatic heterocycles. The van der Waals surface area contributed by atoms with Gasteiger partial charge in [0, 0.05) is 12.6 Å². The highest BCUT2D eigenvalue weighted by Gasteiger charge is 2.28. The van der Waals surface area contributed by atoms with Gasteiger partial charge in [-0.1, -0.05) is 40.5 Å². The number of rotatable bonds is 6. The largest absolute Gasteiger partial charge is 0.376 e. The van der Waals surface area contributed by atoms with E-state index in [0.717, 1.165) is 13.0 Å². The molecule has 2 N–H and O–H groups in total. The molecule has 0 aromatic carbocycles. The Bertz CT molecular complexity index is 138. The zero-order chi connectivity index (χ0) is 11.2. The summed E-state index contributed by atoms with van der Waals surface area (Å²) in [5.41, 5.74) is 6.05. The fourth-order valence-corrected chi connectivity index (χ4v) is 1.75. The van der Waals surface area contributed by atoms with Crippen LogP contribution in [0.25, 0.3) is 0 Å². The molecule has 2 atom stereocenters. The van der Waals surface area contributed by atoms with E-state index < -0.39 is 0 Å². The molecule has 0 saturated carbocycles. The zero-order valence-electron chi connectivity index (χ0n) is 10.5. The van der Waals surface area contributed by atoms with Crippen LogP contribution in [-0.4, -0.2) is 18.8 Å². The van der Waals surface area contributed by atoms with Crippen LogP contribution in [0.5, 0.6) is 0 Å². The van der Waals surface area contributed by atoms with Crippen LogP contribution in [0.15, 0.2) is 0 Å². The maximum Gasteiger partial charge on any atom is 0.0771 e. The molecule has 0 rings (SSSR count). The number of hydrogen-bond donors (Lipinski definition) is 1. The first-order chi connectivity index (χ1) is 6.39. The summed E-state index contributed by atoms with van der Waals surface area (Å²) in [5, 5.41) is 0. The highest BCUT2D eigenvalue weighted by atomic mass is 16.5. The minimum absolute atomic E-state index is 0.108. The van der Waals surface area contributed by atoms with Gasteiger partial charge in [0.05, 0.1) is 6.10 Å². The van der Waals surface area contributed by atoms with E-state index in [1.165, 1.54) is 12.8 Å². The first-order valence-electron chi connectivity index (χ1n) is 5.76. The highest BCUT2D eigenvalue weighted by molar-refractivity contribution is 4.81. The molecule has 0 heterocycles. The van der Waals surface area contributed by atoms with E-state index in [-0.39, 0.29) is 17.6 Å². The van der Waals surface area contributed by atoms with Crippen LogP contribution >= 0.6 is 0 Å². The molecule has 0 aromatic heterocycles. The molecule has 0 amide bonds. The molecule has 0 bridgehead atoms. The van der Waals surface area contributed by atoms with Crippen molar-refractivity contribution in [2.45, 2.75) is 66.0 Å². The first kappa shape index (κ1) is 13.9. The van der Waals surface area contributed by atoms with E-state index in [1.54, 1.807) is 0 Å². The Balaban J connectivity index is 3.87. The molecule has 0 saturated heterocycles. The van der Waals surface area contributed by atoms with Crippen LogP contribution in [0.3, 0.4) is 0 Å². The van der Waals surface area contributed by atoms with Gasteiger partial charge in [0.1, 0.15) is 0 Å². The first-order valence-corrected chi connectivity index (χ1v) is 5.76. The summed E-state index contributed by atoms with van der Waals surface area (Å²) >= 11 is 0. The lowest BCUT2D eigenvalue weighted by atomic mass is 9.85. The van der Waals surface area contributed by atoms with Gasteiger partial charge in [-0.2, -0.15) is 0 Å². The summed E-state index contributed by atoms with van der Waals surface area (Å²) in [6.45, 7) is 11.6. The third-order valence-electron chi connectivity index (χ3n) is 2.38. The molecule has 0 fully saturated rings. The monoisotopic (exact) mass is 201 g/mol. The van der Waals surface area contributed by atoms with Crippen molar-refractivity contribution in [1.29, 1.82) is 0 Å². The molecule has 0 aliphatic carbocycles. The Labute approximate surface area is 89.2 Å². The van der Waals surface area contributed by atoms with Crippen molar-refractivity contribution in [2.24, 2.45) is 11.1 Å². The third kappa shape index (κ3) is 5.61. The maximum atomic E-state index is 5.91. The predicted octanol–water partition coefficient (Wildman–Crippen LogP) is 2.96. The van der Waals surface area contributed by atoms with Crippen molar-refractivity contribution in [3.8, 4) is 0 Å². The molecule has 0 aromatic rings. The van der Waals surface area contributed by atoms with Gasteiger partial charge in [-0.05, 0) is 18.8 Å². The van der Waals surface area contributed by atoms with E-state index in [0.29, 0.717) is 0 Å². The van der Waals surface area contributed by atoms with E-state index in [1.807, 2.05) is 6.92 Å². The second-order valence-electron chi connectivity index (χ2n) is 5.22. The van der Waals surface area contributed by atoms with Gasteiger partial charge < -0.3 is 10.5 Å². The second kappa shape index (κ2) is 6.41. The quantitative estimate of drug-likeness (QED) is 0.671. The van der Waals surface area contributed by atoms with Crippen LogP contribution in [0.2, 0.25) is 0 Å². The Hall–Kier alpha value is -0.0800. The van der Waals surface area contributed by atoms with Gasteiger partial charge >= 0.3 is 0 Å². The van der Waals surface area contributed by atoms with Gasteiger partial charge in [-0.3, -0.25) is 0 Å². The average Bonchev–Trinajstić information content (AvgIpc) is 2.01. The molecule has 0 radical (unpaired) electrons. The van der Waals surface area contributed by atoms with Gasteiger partial charge in [0.2, 0.25) is 0 Å². The summed E-state index contributed by atoms with van der Waals surface area (Å²) in [4.78, 5) is 0. The molecule has 86 valence electrons. The molecule has 2 unspecified atom stereocenters. The number of hydrogen-bond acceptors (Lipinski definition) is 2. The SMILES string of the molecule is CCCCCOC(C(C)N)C(C)(C)C. The van der Waals surface area contributed by atoms with Crippen LogP contribution < -0.4 is 5.73 Å². The van der Waals surface area contributed by atoms with Crippen molar-refractivity contribution < 1.29 is 4.74 Å². The van der Waals surface area contributed by atoms with Crippen LogP contribution in [0.1, 0.15) is 53.9 Å². The lowest BCUT2D eigenvalue weighted by Gasteiger charge is -2.33. The average molecular weight is 201 g/mol. The normalized spacial score (nSPS) is 16.7. The van der Waals surface area contributed by atoms with Crippen molar-refractivity contribution in [2.75, 3.05) is 6.61 Å². The van der Waals surface area contributed by atoms with Crippen molar-refractivity contribution in [1.82, 2.24) is 0 Å². The van der Waals surface area contributed by atoms with Gasteiger partial charge in [-0.25, -0.2) is 0 Å². The summed E-state index contributed by atoms with van der Waals surface area (Å²) in [5.74, 6) is 0.